The summed E-state index contributed by atoms with van der Waals surface area (Å²) in [7, 11) is 0. The van der Waals surface area contributed by atoms with Crippen molar-refractivity contribution in [2.75, 3.05) is 6.61 Å². The van der Waals surface area contributed by atoms with Crippen molar-refractivity contribution in [3.05, 3.63) is 70.8 Å². The quantitative estimate of drug-likeness (QED) is 0.825. The van der Waals surface area contributed by atoms with Gasteiger partial charge < -0.3 is 10.1 Å². The first kappa shape index (κ1) is 14.8. The fourth-order valence-corrected chi connectivity index (χ4v) is 2.13. The van der Waals surface area contributed by atoms with E-state index in [2.05, 4.69) is 60.8 Å². The van der Waals surface area contributed by atoms with Crippen LogP contribution in [0.25, 0.3) is 0 Å². The van der Waals surface area contributed by atoms with Crippen molar-refractivity contribution in [1.29, 1.82) is 0 Å². The van der Waals surface area contributed by atoms with Gasteiger partial charge in [0, 0.05) is 19.7 Å². The van der Waals surface area contributed by atoms with E-state index in [1.807, 2.05) is 6.92 Å². The standard InChI is InChI=1S/C18H23NO/c1-3-20-14-18-7-5-4-6-17(18)13-19-12-16-10-8-15(2)9-11-16/h4-11,19H,3,12-14H2,1-2H3. The first-order valence-electron chi connectivity index (χ1n) is 7.20. The molecule has 0 radical (unpaired) electrons. The minimum atomic E-state index is 0.693. The van der Waals surface area contributed by atoms with Crippen LogP contribution in [0.2, 0.25) is 0 Å². The van der Waals surface area contributed by atoms with Crippen LogP contribution in [0.5, 0.6) is 0 Å². The van der Waals surface area contributed by atoms with Crippen molar-refractivity contribution >= 4 is 0 Å². The number of rotatable bonds is 7. The summed E-state index contributed by atoms with van der Waals surface area (Å²) < 4.78 is 5.51. The fraction of sp³-hybridized carbons (Fsp3) is 0.333. The molecule has 0 aliphatic carbocycles. The zero-order valence-electron chi connectivity index (χ0n) is 12.4. The van der Waals surface area contributed by atoms with Crippen molar-refractivity contribution in [3.63, 3.8) is 0 Å². The molecule has 20 heavy (non-hydrogen) atoms. The maximum atomic E-state index is 5.51. The minimum absolute atomic E-state index is 0.693. The van der Waals surface area contributed by atoms with Crippen molar-refractivity contribution in [3.8, 4) is 0 Å². The zero-order valence-corrected chi connectivity index (χ0v) is 12.4. The Morgan fingerprint density at radius 3 is 2.30 bits per heavy atom. The predicted octanol–water partition coefficient (Wildman–Crippen LogP) is 3.82. The molecule has 0 saturated carbocycles. The molecule has 2 rings (SSSR count). The van der Waals surface area contributed by atoms with Crippen LogP contribution in [-0.2, 0) is 24.4 Å². The molecule has 2 aromatic carbocycles. The third-order valence-electron chi connectivity index (χ3n) is 3.35. The Bertz CT molecular complexity index is 519. The predicted molar refractivity (Wildman–Crippen MR) is 83.5 cm³/mol. The number of nitrogens with one attached hydrogen (secondary N) is 1. The van der Waals surface area contributed by atoms with Crippen molar-refractivity contribution in [2.24, 2.45) is 0 Å². The fourth-order valence-electron chi connectivity index (χ4n) is 2.13. The molecule has 0 unspecified atom stereocenters. The van der Waals surface area contributed by atoms with E-state index in [9.17, 15) is 0 Å². The van der Waals surface area contributed by atoms with E-state index in [1.54, 1.807) is 0 Å². The Kier molecular flexibility index (Phi) is 5.78. The van der Waals surface area contributed by atoms with E-state index < -0.39 is 0 Å². The third kappa shape index (κ3) is 4.48. The van der Waals surface area contributed by atoms with E-state index in [0.717, 1.165) is 19.7 Å². The lowest BCUT2D eigenvalue weighted by atomic mass is 10.1. The first-order valence-corrected chi connectivity index (χ1v) is 7.20. The van der Waals surface area contributed by atoms with E-state index in [4.69, 9.17) is 4.74 Å². The van der Waals surface area contributed by atoms with E-state index >= 15 is 0 Å². The van der Waals surface area contributed by atoms with Gasteiger partial charge in [0.15, 0.2) is 0 Å². The van der Waals surface area contributed by atoms with Crippen LogP contribution in [0.1, 0.15) is 29.2 Å². The van der Waals surface area contributed by atoms with Crippen LogP contribution >= 0.6 is 0 Å². The van der Waals surface area contributed by atoms with Gasteiger partial charge in [0.05, 0.1) is 6.61 Å². The number of hydrogen-bond acceptors (Lipinski definition) is 2. The van der Waals surface area contributed by atoms with Crippen molar-refractivity contribution in [1.82, 2.24) is 5.32 Å². The van der Waals surface area contributed by atoms with Crippen LogP contribution in [0.3, 0.4) is 0 Å². The Balaban J connectivity index is 1.88. The lowest BCUT2D eigenvalue weighted by Gasteiger charge is -2.11. The molecule has 0 spiro atoms. The van der Waals surface area contributed by atoms with Gasteiger partial charge in [-0.3, -0.25) is 0 Å². The molecule has 0 saturated heterocycles. The summed E-state index contributed by atoms with van der Waals surface area (Å²) in [5.74, 6) is 0. The van der Waals surface area contributed by atoms with Gasteiger partial charge in [-0.1, -0.05) is 54.1 Å². The Morgan fingerprint density at radius 1 is 0.900 bits per heavy atom. The number of benzene rings is 2. The summed E-state index contributed by atoms with van der Waals surface area (Å²) in [5.41, 5.74) is 5.20. The molecule has 2 nitrogen and oxygen atoms in total. The summed E-state index contributed by atoms with van der Waals surface area (Å²) in [6.45, 7) is 7.35. The lowest BCUT2D eigenvalue weighted by molar-refractivity contribution is 0.133. The van der Waals surface area contributed by atoms with Gasteiger partial charge in [-0.15, -0.1) is 0 Å². The van der Waals surface area contributed by atoms with Crippen LogP contribution in [0, 0.1) is 6.92 Å². The number of ether oxygens (including phenoxy) is 1. The lowest BCUT2D eigenvalue weighted by Crippen LogP contribution is -2.14. The van der Waals surface area contributed by atoms with Gasteiger partial charge >= 0.3 is 0 Å². The summed E-state index contributed by atoms with van der Waals surface area (Å²) in [4.78, 5) is 0. The highest BCUT2D eigenvalue weighted by atomic mass is 16.5. The van der Waals surface area contributed by atoms with Crippen LogP contribution in [0.15, 0.2) is 48.5 Å². The van der Waals surface area contributed by atoms with Gasteiger partial charge in [0.2, 0.25) is 0 Å². The van der Waals surface area contributed by atoms with Crippen LogP contribution < -0.4 is 5.32 Å². The van der Waals surface area contributed by atoms with Gasteiger partial charge in [-0.05, 0) is 30.5 Å². The summed E-state index contributed by atoms with van der Waals surface area (Å²) in [6.07, 6.45) is 0. The monoisotopic (exact) mass is 269 g/mol. The average Bonchev–Trinajstić information content (AvgIpc) is 2.48. The second kappa shape index (κ2) is 7.83. The molecule has 2 heteroatoms. The molecule has 106 valence electrons. The summed E-state index contributed by atoms with van der Waals surface area (Å²) in [6, 6.07) is 17.1. The number of hydrogen-bond donors (Lipinski definition) is 1. The average molecular weight is 269 g/mol. The van der Waals surface area contributed by atoms with E-state index in [1.165, 1.54) is 22.3 Å². The molecule has 0 fully saturated rings. The smallest absolute Gasteiger partial charge is 0.0719 e. The highest BCUT2D eigenvalue weighted by molar-refractivity contribution is 5.27. The molecule has 0 aliphatic heterocycles. The third-order valence-corrected chi connectivity index (χ3v) is 3.35. The molecule has 0 aliphatic rings. The SMILES string of the molecule is CCOCc1ccccc1CNCc1ccc(C)cc1. The maximum Gasteiger partial charge on any atom is 0.0719 e. The van der Waals surface area contributed by atoms with Crippen molar-refractivity contribution < 1.29 is 4.74 Å². The normalized spacial score (nSPS) is 10.7. The maximum absolute atomic E-state index is 5.51. The molecule has 0 aromatic heterocycles. The Morgan fingerprint density at radius 2 is 1.60 bits per heavy atom. The van der Waals surface area contributed by atoms with Crippen LogP contribution in [0.4, 0.5) is 0 Å². The second-order valence-corrected chi connectivity index (χ2v) is 4.99. The second-order valence-electron chi connectivity index (χ2n) is 4.99. The van der Waals surface area contributed by atoms with Gasteiger partial charge in [-0.25, -0.2) is 0 Å². The molecule has 2 aromatic rings. The van der Waals surface area contributed by atoms with Crippen LogP contribution in [-0.4, -0.2) is 6.61 Å². The highest BCUT2D eigenvalue weighted by Crippen LogP contribution is 2.10. The Labute approximate surface area is 121 Å². The molecular formula is C18H23NO. The molecular weight excluding hydrogens is 246 g/mol. The first-order chi connectivity index (χ1) is 9.79. The van der Waals surface area contributed by atoms with E-state index in [-0.39, 0.29) is 0 Å². The van der Waals surface area contributed by atoms with Crippen molar-refractivity contribution in [2.45, 2.75) is 33.5 Å². The number of aryl methyl sites for hydroxylation is 1. The van der Waals surface area contributed by atoms with Gasteiger partial charge in [0.25, 0.3) is 0 Å². The Hall–Kier alpha value is -1.64. The molecule has 0 bridgehead atoms. The highest BCUT2D eigenvalue weighted by Gasteiger charge is 2.01. The summed E-state index contributed by atoms with van der Waals surface area (Å²) >= 11 is 0. The molecule has 1 N–H and O–H groups in total. The largest absolute Gasteiger partial charge is 0.377 e. The van der Waals surface area contributed by atoms with E-state index in [0.29, 0.717) is 6.61 Å². The molecule has 0 amide bonds. The van der Waals surface area contributed by atoms with Gasteiger partial charge in [0.1, 0.15) is 0 Å². The minimum Gasteiger partial charge on any atom is -0.377 e. The van der Waals surface area contributed by atoms with Gasteiger partial charge in [-0.2, -0.15) is 0 Å². The topological polar surface area (TPSA) is 21.3 Å². The molecule has 0 heterocycles. The molecule has 0 atom stereocenters. The summed E-state index contributed by atoms with van der Waals surface area (Å²) in [5, 5.41) is 3.50. The zero-order chi connectivity index (χ0) is 14.2.